The van der Waals surface area contributed by atoms with Crippen LogP contribution in [0.1, 0.15) is 15.2 Å². The van der Waals surface area contributed by atoms with Gasteiger partial charge in [-0.05, 0) is 29.6 Å². The molecule has 0 aliphatic heterocycles. The third-order valence-electron chi connectivity index (χ3n) is 2.38. The highest BCUT2D eigenvalue weighted by atomic mass is 79.9. The number of hydrazone groups is 1. The van der Waals surface area contributed by atoms with Gasteiger partial charge in [-0.25, -0.2) is 5.43 Å². The quantitative estimate of drug-likeness (QED) is 0.654. The lowest BCUT2D eigenvalue weighted by molar-refractivity contribution is 0.0959. The van der Waals surface area contributed by atoms with Crippen LogP contribution >= 0.6 is 27.3 Å². The van der Waals surface area contributed by atoms with Gasteiger partial charge >= 0.3 is 0 Å². The van der Waals surface area contributed by atoms with Gasteiger partial charge in [0.25, 0.3) is 5.91 Å². The molecule has 2 aromatic rings. The molecule has 1 heterocycles. The molecule has 0 fully saturated rings. The van der Waals surface area contributed by atoms with Crippen LogP contribution < -0.4 is 10.2 Å². The highest BCUT2D eigenvalue weighted by Crippen LogP contribution is 2.21. The first kappa shape index (κ1) is 15.2. The summed E-state index contributed by atoms with van der Waals surface area (Å²) in [5, 5.41) is 14.3. The molecule has 0 atom stereocenters. The van der Waals surface area contributed by atoms with Gasteiger partial charge in [-0.15, -0.1) is 11.3 Å². The molecule has 5 nitrogen and oxygen atoms in total. The summed E-state index contributed by atoms with van der Waals surface area (Å²) in [4.78, 5) is 12.3. The summed E-state index contributed by atoms with van der Waals surface area (Å²) >= 11 is 4.69. The van der Waals surface area contributed by atoms with E-state index in [1.54, 1.807) is 30.3 Å². The van der Waals surface area contributed by atoms with E-state index in [4.69, 9.17) is 10.00 Å². The van der Waals surface area contributed by atoms with Gasteiger partial charge in [-0.3, -0.25) is 4.79 Å². The summed E-state index contributed by atoms with van der Waals surface area (Å²) in [6.45, 7) is -0.0516. The highest BCUT2D eigenvalue weighted by Gasteiger charge is 2.05. The molecule has 21 heavy (non-hydrogen) atoms. The van der Waals surface area contributed by atoms with Crippen LogP contribution in [0, 0.1) is 11.3 Å². The van der Waals surface area contributed by atoms with Gasteiger partial charge in [0.15, 0.2) is 6.61 Å². The molecule has 0 saturated carbocycles. The summed E-state index contributed by atoms with van der Waals surface area (Å²) in [5.41, 5.74) is 3.10. The lowest BCUT2D eigenvalue weighted by Gasteiger charge is -2.06. The number of hydrogen-bond acceptors (Lipinski definition) is 5. The van der Waals surface area contributed by atoms with E-state index in [0.717, 1.165) is 4.47 Å². The number of thiophene rings is 1. The van der Waals surface area contributed by atoms with Crippen LogP contribution in [0.3, 0.4) is 0 Å². The van der Waals surface area contributed by atoms with E-state index in [2.05, 4.69) is 26.5 Å². The number of amides is 1. The molecule has 0 saturated heterocycles. The van der Waals surface area contributed by atoms with E-state index >= 15 is 0 Å². The second-order valence-electron chi connectivity index (χ2n) is 3.81. The normalized spacial score (nSPS) is 10.3. The van der Waals surface area contributed by atoms with Gasteiger partial charge in [0.2, 0.25) is 0 Å². The predicted molar refractivity (Wildman–Crippen MR) is 84.6 cm³/mol. The van der Waals surface area contributed by atoms with Gasteiger partial charge < -0.3 is 4.74 Å². The number of nitriles is 1. The first-order valence-corrected chi connectivity index (χ1v) is 7.54. The first-order chi connectivity index (χ1) is 10.2. The molecular weight excluding hydrogens is 354 g/mol. The van der Waals surface area contributed by atoms with Crippen LogP contribution in [-0.2, 0) is 0 Å². The maximum absolute atomic E-state index is 11.7. The average molecular weight is 364 g/mol. The Morgan fingerprint density at radius 2 is 2.38 bits per heavy atom. The van der Waals surface area contributed by atoms with Crippen molar-refractivity contribution < 1.29 is 9.53 Å². The second kappa shape index (κ2) is 7.57. The largest absolute Gasteiger partial charge is 0.478 e. The Labute approximate surface area is 134 Å². The standard InChI is InChI=1S/C14H10BrN3O2S/c15-11-3-4-12(20-6-5-16)10(8-11)9-17-18-14(19)13-2-1-7-21-13/h1-4,7-9H,6H2,(H,18,19)/b17-9-. The van der Waals surface area contributed by atoms with E-state index in [-0.39, 0.29) is 12.5 Å². The average Bonchev–Trinajstić information content (AvgIpc) is 3.00. The lowest BCUT2D eigenvalue weighted by Crippen LogP contribution is -2.16. The molecule has 0 radical (unpaired) electrons. The maximum atomic E-state index is 11.7. The topological polar surface area (TPSA) is 74.5 Å². The number of ether oxygens (including phenoxy) is 1. The maximum Gasteiger partial charge on any atom is 0.281 e. The minimum Gasteiger partial charge on any atom is -0.478 e. The number of nitrogens with zero attached hydrogens (tertiary/aromatic N) is 2. The van der Waals surface area contributed by atoms with Crippen LogP contribution in [0.4, 0.5) is 0 Å². The Kier molecular flexibility index (Phi) is 5.49. The number of rotatable bonds is 5. The molecule has 1 aromatic carbocycles. The fourth-order valence-electron chi connectivity index (χ4n) is 1.48. The Balaban J connectivity index is 2.07. The fourth-order valence-corrected chi connectivity index (χ4v) is 2.48. The van der Waals surface area contributed by atoms with Crippen molar-refractivity contribution in [3.8, 4) is 11.8 Å². The Hall–Kier alpha value is -2.17. The van der Waals surface area contributed by atoms with Gasteiger partial charge in [-0.2, -0.15) is 10.4 Å². The van der Waals surface area contributed by atoms with Gasteiger partial charge in [-0.1, -0.05) is 22.0 Å². The number of nitrogens with one attached hydrogen (secondary N) is 1. The molecule has 106 valence electrons. The number of carbonyl (C=O) groups is 1. The zero-order valence-corrected chi connectivity index (χ0v) is 13.1. The molecule has 0 bridgehead atoms. The molecular formula is C14H10BrN3O2S. The van der Waals surface area contributed by atoms with Crippen molar-refractivity contribution in [3.05, 3.63) is 50.6 Å². The molecule has 0 unspecified atom stereocenters. The van der Waals surface area contributed by atoms with Gasteiger partial charge in [0.05, 0.1) is 11.1 Å². The zero-order valence-electron chi connectivity index (χ0n) is 10.7. The summed E-state index contributed by atoms with van der Waals surface area (Å²) in [5.74, 6) is 0.254. The SMILES string of the molecule is N#CCOc1ccc(Br)cc1/C=N\NC(=O)c1cccs1. The third kappa shape index (κ3) is 4.41. The number of carbonyl (C=O) groups excluding carboxylic acids is 1. The van der Waals surface area contributed by atoms with E-state index in [9.17, 15) is 4.79 Å². The second-order valence-corrected chi connectivity index (χ2v) is 5.67. The van der Waals surface area contributed by atoms with E-state index < -0.39 is 0 Å². The van der Waals surface area contributed by atoms with Crippen molar-refractivity contribution in [2.75, 3.05) is 6.61 Å². The molecule has 0 spiro atoms. The van der Waals surface area contributed by atoms with Crippen LogP contribution in [0.25, 0.3) is 0 Å². The molecule has 0 aliphatic rings. The van der Waals surface area contributed by atoms with Crippen molar-refractivity contribution in [3.63, 3.8) is 0 Å². The van der Waals surface area contributed by atoms with E-state index in [1.807, 2.05) is 11.4 Å². The Bertz CT molecular complexity index is 693. The lowest BCUT2D eigenvalue weighted by atomic mass is 10.2. The molecule has 1 aromatic heterocycles. The third-order valence-corrected chi connectivity index (χ3v) is 3.74. The summed E-state index contributed by atoms with van der Waals surface area (Å²) in [7, 11) is 0. The monoisotopic (exact) mass is 363 g/mol. The van der Waals surface area contributed by atoms with E-state index in [1.165, 1.54) is 17.6 Å². The molecule has 0 aliphatic carbocycles. The Morgan fingerprint density at radius 1 is 1.52 bits per heavy atom. The fraction of sp³-hybridized carbons (Fsp3) is 0.0714. The highest BCUT2D eigenvalue weighted by molar-refractivity contribution is 9.10. The van der Waals surface area contributed by atoms with Crippen molar-refractivity contribution >= 4 is 39.4 Å². The van der Waals surface area contributed by atoms with Crippen LogP contribution in [0.5, 0.6) is 5.75 Å². The summed E-state index contributed by atoms with van der Waals surface area (Å²) in [6.07, 6.45) is 1.48. The summed E-state index contributed by atoms with van der Waals surface area (Å²) < 4.78 is 6.13. The van der Waals surface area contributed by atoms with Crippen molar-refractivity contribution in [1.82, 2.24) is 5.43 Å². The van der Waals surface area contributed by atoms with Crippen molar-refractivity contribution in [2.24, 2.45) is 5.10 Å². The molecule has 2 rings (SSSR count). The van der Waals surface area contributed by atoms with E-state index in [0.29, 0.717) is 16.2 Å². The number of benzene rings is 1. The summed E-state index contributed by atoms with van der Waals surface area (Å²) in [6, 6.07) is 10.7. The minimum atomic E-state index is -0.268. The van der Waals surface area contributed by atoms with Crippen LogP contribution in [0.15, 0.2) is 45.3 Å². The van der Waals surface area contributed by atoms with Crippen LogP contribution in [0.2, 0.25) is 0 Å². The molecule has 7 heteroatoms. The molecule has 1 N–H and O–H groups in total. The minimum absolute atomic E-state index is 0.0516. The van der Waals surface area contributed by atoms with Gasteiger partial charge in [0, 0.05) is 10.0 Å². The smallest absolute Gasteiger partial charge is 0.281 e. The first-order valence-electron chi connectivity index (χ1n) is 5.87. The number of halogens is 1. The molecule has 1 amide bonds. The predicted octanol–water partition coefficient (Wildman–Crippen LogP) is 3.18. The Morgan fingerprint density at radius 3 is 3.10 bits per heavy atom. The van der Waals surface area contributed by atoms with Crippen molar-refractivity contribution in [2.45, 2.75) is 0 Å². The van der Waals surface area contributed by atoms with Gasteiger partial charge in [0.1, 0.15) is 11.8 Å². The number of hydrogen-bond donors (Lipinski definition) is 1. The van der Waals surface area contributed by atoms with Crippen molar-refractivity contribution in [1.29, 1.82) is 5.26 Å². The van der Waals surface area contributed by atoms with Crippen LogP contribution in [-0.4, -0.2) is 18.7 Å². The zero-order chi connectivity index (χ0) is 15.1.